The maximum atomic E-state index is 12.2. The Morgan fingerprint density at radius 1 is 1.61 bits per heavy atom. The first kappa shape index (κ1) is 12.9. The van der Waals surface area contributed by atoms with Gasteiger partial charge in [0.2, 0.25) is 0 Å². The van der Waals surface area contributed by atoms with Crippen molar-refractivity contribution in [3.8, 4) is 0 Å². The molecule has 1 aliphatic carbocycles. The summed E-state index contributed by atoms with van der Waals surface area (Å²) in [5.41, 5.74) is 6.51. The number of aliphatic hydroxyl groups excluding tert-OH is 1. The molecule has 0 bridgehead atoms. The van der Waals surface area contributed by atoms with Gasteiger partial charge in [-0.15, -0.1) is 0 Å². The van der Waals surface area contributed by atoms with Gasteiger partial charge in [-0.25, -0.2) is 0 Å². The Kier molecular flexibility index (Phi) is 3.86. The number of hydrogen-bond acceptors (Lipinski definition) is 4. The third kappa shape index (κ3) is 2.48. The summed E-state index contributed by atoms with van der Waals surface area (Å²) in [6, 6.07) is -0.175. The van der Waals surface area contributed by atoms with Gasteiger partial charge >= 0.3 is 0 Å². The Hall–Kier alpha value is -1.56. The van der Waals surface area contributed by atoms with E-state index in [9.17, 15) is 9.90 Å². The maximum absolute atomic E-state index is 12.2. The van der Waals surface area contributed by atoms with E-state index in [-0.39, 0.29) is 11.9 Å². The van der Waals surface area contributed by atoms with Gasteiger partial charge in [-0.05, 0) is 19.8 Å². The first-order valence-electron chi connectivity index (χ1n) is 6.43. The van der Waals surface area contributed by atoms with E-state index in [1.807, 2.05) is 6.92 Å². The molecule has 18 heavy (non-hydrogen) atoms. The van der Waals surface area contributed by atoms with Gasteiger partial charge in [-0.1, -0.05) is 12.8 Å². The van der Waals surface area contributed by atoms with Crippen LogP contribution in [0.5, 0.6) is 0 Å². The highest BCUT2D eigenvalue weighted by Crippen LogP contribution is 2.19. The molecule has 1 heterocycles. The molecule has 0 aromatic carbocycles. The number of amides is 1. The van der Waals surface area contributed by atoms with E-state index in [0.717, 1.165) is 25.7 Å². The molecule has 0 saturated heterocycles. The second-order valence-corrected chi connectivity index (χ2v) is 4.70. The number of aryl methyl sites for hydroxylation is 1. The van der Waals surface area contributed by atoms with E-state index in [1.165, 1.54) is 6.20 Å². The Balaban J connectivity index is 2.09. The minimum absolute atomic E-state index is 0.175. The van der Waals surface area contributed by atoms with Crippen LogP contribution < -0.4 is 11.1 Å². The van der Waals surface area contributed by atoms with Crippen LogP contribution >= 0.6 is 0 Å². The standard InChI is InChI=1S/C12H20N4O2/c1-2-16-11(8(13)7-14-16)12(18)15-9-5-3-4-6-10(9)17/h7,9-10,17H,2-6,13H2,1H3,(H,15,18)/t9-,10-/m0/s1. The summed E-state index contributed by atoms with van der Waals surface area (Å²) in [7, 11) is 0. The first-order chi connectivity index (χ1) is 8.63. The molecule has 6 heteroatoms. The SMILES string of the molecule is CCn1ncc(N)c1C(=O)N[C@H]1CCCC[C@@H]1O. The van der Waals surface area contributed by atoms with Crippen molar-refractivity contribution >= 4 is 11.6 Å². The number of carbonyl (C=O) groups excluding carboxylic acids is 1. The predicted octanol–water partition coefficient (Wildman–Crippen LogP) is 0.518. The van der Waals surface area contributed by atoms with Crippen LogP contribution in [0, 0.1) is 0 Å². The number of anilines is 1. The molecule has 2 rings (SSSR count). The lowest BCUT2D eigenvalue weighted by molar-refractivity contribution is 0.0710. The first-order valence-corrected chi connectivity index (χ1v) is 6.43. The average molecular weight is 252 g/mol. The highest BCUT2D eigenvalue weighted by Gasteiger charge is 2.26. The summed E-state index contributed by atoms with van der Waals surface area (Å²) in [6.45, 7) is 2.49. The van der Waals surface area contributed by atoms with Crippen LogP contribution in [0.25, 0.3) is 0 Å². The minimum Gasteiger partial charge on any atom is -0.396 e. The fraction of sp³-hybridized carbons (Fsp3) is 0.667. The number of nitrogens with two attached hydrogens (primary N) is 1. The van der Waals surface area contributed by atoms with Crippen LogP contribution in [0.15, 0.2) is 6.20 Å². The number of nitrogen functional groups attached to an aromatic ring is 1. The zero-order chi connectivity index (χ0) is 13.1. The van der Waals surface area contributed by atoms with Crippen LogP contribution in [-0.4, -0.2) is 32.9 Å². The number of carbonyl (C=O) groups is 1. The number of rotatable bonds is 3. The molecule has 1 aliphatic rings. The third-order valence-electron chi connectivity index (χ3n) is 3.43. The predicted molar refractivity (Wildman–Crippen MR) is 68.0 cm³/mol. The molecule has 2 atom stereocenters. The van der Waals surface area contributed by atoms with Crippen molar-refractivity contribution in [3.05, 3.63) is 11.9 Å². The lowest BCUT2D eigenvalue weighted by Crippen LogP contribution is -2.45. The van der Waals surface area contributed by atoms with Crippen LogP contribution in [0.4, 0.5) is 5.69 Å². The molecule has 1 amide bonds. The normalized spacial score (nSPS) is 23.9. The summed E-state index contributed by atoms with van der Waals surface area (Å²) in [6.07, 6.45) is 4.63. The van der Waals surface area contributed by atoms with Gasteiger partial charge in [-0.3, -0.25) is 9.48 Å². The number of hydrogen-bond donors (Lipinski definition) is 3. The fourth-order valence-electron chi connectivity index (χ4n) is 2.40. The molecule has 0 unspecified atom stereocenters. The highest BCUT2D eigenvalue weighted by molar-refractivity contribution is 5.97. The van der Waals surface area contributed by atoms with Gasteiger partial charge in [0, 0.05) is 6.54 Å². The number of aromatic nitrogens is 2. The summed E-state index contributed by atoms with van der Waals surface area (Å²) in [5.74, 6) is -0.252. The number of nitrogens with one attached hydrogen (secondary N) is 1. The third-order valence-corrected chi connectivity index (χ3v) is 3.43. The molecule has 0 spiro atoms. The van der Waals surface area contributed by atoms with E-state index in [0.29, 0.717) is 17.9 Å². The lowest BCUT2D eigenvalue weighted by Gasteiger charge is -2.28. The smallest absolute Gasteiger partial charge is 0.272 e. The van der Waals surface area contributed by atoms with Gasteiger partial charge in [0.05, 0.1) is 24.0 Å². The Labute approximate surface area is 106 Å². The summed E-state index contributed by atoms with van der Waals surface area (Å²) in [4.78, 5) is 12.2. The monoisotopic (exact) mass is 252 g/mol. The average Bonchev–Trinajstić information content (AvgIpc) is 2.73. The lowest BCUT2D eigenvalue weighted by atomic mass is 9.92. The summed E-state index contributed by atoms with van der Waals surface area (Å²) < 4.78 is 1.57. The number of nitrogens with zero attached hydrogens (tertiary/aromatic N) is 2. The molecular weight excluding hydrogens is 232 g/mol. The van der Waals surface area contributed by atoms with E-state index in [4.69, 9.17) is 5.73 Å². The van der Waals surface area contributed by atoms with Crippen LogP contribution in [0.3, 0.4) is 0 Å². The van der Waals surface area contributed by atoms with E-state index < -0.39 is 6.10 Å². The fourth-order valence-corrected chi connectivity index (χ4v) is 2.40. The summed E-state index contributed by atoms with van der Waals surface area (Å²) in [5, 5.41) is 16.7. The van der Waals surface area contributed by atoms with Crippen LogP contribution in [-0.2, 0) is 6.54 Å². The van der Waals surface area contributed by atoms with Gasteiger partial charge in [0.25, 0.3) is 5.91 Å². The Bertz CT molecular complexity index is 430. The van der Waals surface area contributed by atoms with Gasteiger partial charge in [0.1, 0.15) is 5.69 Å². The molecular formula is C12H20N4O2. The molecule has 1 aromatic heterocycles. The van der Waals surface area contributed by atoms with Gasteiger partial charge in [-0.2, -0.15) is 5.10 Å². The van der Waals surface area contributed by atoms with Crippen molar-refractivity contribution in [3.63, 3.8) is 0 Å². The van der Waals surface area contributed by atoms with Gasteiger partial charge in [0.15, 0.2) is 0 Å². The molecule has 1 saturated carbocycles. The zero-order valence-electron chi connectivity index (χ0n) is 10.6. The van der Waals surface area contributed by atoms with Crippen molar-refractivity contribution in [2.24, 2.45) is 0 Å². The van der Waals surface area contributed by atoms with Crippen molar-refractivity contribution in [1.29, 1.82) is 0 Å². The Morgan fingerprint density at radius 2 is 2.33 bits per heavy atom. The largest absolute Gasteiger partial charge is 0.396 e. The van der Waals surface area contributed by atoms with Crippen molar-refractivity contribution in [2.45, 2.75) is 51.3 Å². The highest BCUT2D eigenvalue weighted by atomic mass is 16.3. The maximum Gasteiger partial charge on any atom is 0.272 e. The van der Waals surface area contributed by atoms with Crippen LogP contribution in [0.2, 0.25) is 0 Å². The second kappa shape index (κ2) is 5.39. The molecule has 0 radical (unpaired) electrons. The summed E-state index contributed by atoms with van der Waals surface area (Å²) >= 11 is 0. The number of aliphatic hydroxyl groups is 1. The minimum atomic E-state index is -0.457. The molecule has 6 nitrogen and oxygen atoms in total. The topological polar surface area (TPSA) is 93.2 Å². The molecule has 0 aliphatic heterocycles. The van der Waals surface area contributed by atoms with Crippen LogP contribution in [0.1, 0.15) is 43.1 Å². The second-order valence-electron chi connectivity index (χ2n) is 4.70. The van der Waals surface area contributed by atoms with E-state index >= 15 is 0 Å². The van der Waals surface area contributed by atoms with E-state index in [2.05, 4.69) is 10.4 Å². The van der Waals surface area contributed by atoms with Crippen molar-refractivity contribution < 1.29 is 9.90 Å². The molecule has 100 valence electrons. The van der Waals surface area contributed by atoms with Crippen molar-refractivity contribution in [1.82, 2.24) is 15.1 Å². The zero-order valence-corrected chi connectivity index (χ0v) is 10.6. The van der Waals surface area contributed by atoms with Gasteiger partial charge < -0.3 is 16.2 Å². The molecule has 1 fully saturated rings. The van der Waals surface area contributed by atoms with E-state index in [1.54, 1.807) is 4.68 Å². The molecule has 1 aromatic rings. The quantitative estimate of drug-likeness (QED) is 0.731. The van der Waals surface area contributed by atoms with Crippen molar-refractivity contribution in [2.75, 3.05) is 5.73 Å². The Morgan fingerprint density at radius 3 is 3.00 bits per heavy atom. The molecule has 4 N–H and O–H groups in total.